The van der Waals surface area contributed by atoms with Crippen molar-refractivity contribution in [3.8, 4) is 11.6 Å². The van der Waals surface area contributed by atoms with Crippen LogP contribution in [0.4, 0.5) is 5.82 Å². The van der Waals surface area contributed by atoms with Crippen molar-refractivity contribution in [3.05, 3.63) is 36.6 Å². The molecule has 0 bridgehead atoms. The third-order valence-corrected chi connectivity index (χ3v) is 6.00. The molecule has 5 heterocycles. The summed E-state index contributed by atoms with van der Waals surface area (Å²) in [6, 6.07) is 0.450. The Labute approximate surface area is 151 Å². The largest absolute Gasteiger partial charge is 0.339 e. The number of fused-ring (bicyclic) bond motifs is 6. The van der Waals surface area contributed by atoms with E-state index in [1.54, 1.807) is 12.5 Å². The lowest BCUT2D eigenvalue weighted by Crippen LogP contribution is -2.50. The number of hydrogen-bond acceptors (Lipinski definition) is 6. The Balaban J connectivity index is 1.77. The number of aromatic nitrogens is 7. The van der Waals surface area contributed by atoms with Gasteiger partial charge in [-0.3, -0.25) is 9.13 Å². The highest BCUT2D eigenvalue weighted by molar-refractivity contribution is 5.65. The standard InChI is InChI=1S/C18H22N8/c1-4-13-6-7-18(5-2)16-23-21-11-25(16)14-10-20-17(22-15(14)26(13)18)24-9-8-19-12(24)3/h8-11,13H,4-7H2,1-3H3/t13-,18+/m1/s1. The van der Waals surface area contributed by atoms with Gasteiger partial charge in [0.25, 0.3) is 0 Å². The van der Waals surface area contributed by atoms with Gasteiger partial charge in [0.15, 0.2) is 11.6 Å². The normalized spacial score (nSPS) is 23.7. The molecule has 8 heteroatoms. The lowest BCUT2D eigenvalue weighted by atomic mass is 9.90. The van der Waals surface area contributed by atoms with Gasteiger partial charge < -0.3 is 4.90 Å². The minimum Gasteiger partial charge on any atom is -0.339 e. The summed E-state index contributed by atoms with van der Waals surface area (Å²) in [5, 5.41) is 8.71. The second-order valence-corrected chi connectivity index (χ2v) is 7.10. The minimum atomic E-state index is -0.139. The number of imidazole rings is 1. The van der Waals surface area contributed by atoms with Gasteiger partial charge in [-0.25, -0.2) is 9.97 Å². The van der Waals surface area contributed by atoms with Crippen molar-refractivity contribution in [2.45, 2.75) is 58.0 Å². The molecule has 26 heavy (non-hydrogen) atoms. The van der Waals surface area contributed by atoms with E-state index in [-0.39, 0.29) is 5.54 Å². The van der Waals surface area contributed by atoms with Crippen LogP contribution in [0, 0.1) is 6.92 Å². The number of aryl methyl sites for hydroxylation is 1. The summed E-state index contributed by atoms with van der Waals surface area (Å²) in [7, 11) is 0. The molecule has 8 nitrogen and oxygen atoms in total. The van der Waals surface area contributed by atoms with Crippen LogP contribution in [-0.4, -0.2) is 40.3 Å². The predicted molar refractivity (Wildman–Crippen MR) is 96.6 cm³/mol. The predicted octanol–water partition coefficient (Wildman–Crippen LogP) is 2.55. The zero-order valence-electron chi connectivity index (χ0n) is 15.3. The van der Waals surface area contributed by atoms with E-state index >= 15 is 0 Å². The molecule has 0 N–H and O–H groups in total. The van der Waals surface area contributed by atoms with E-state index in [9.17, 15) is 0 Å². The van der Waals surface area contributed by atoms with Gasteiger partial charge in [0.1, 0.15) is 23.4 Å². The molecule has 3 aromatic rings. The molecular weight excluding hydrogens is 328 g/mol. The molecule has 0 spiro atoms. The monoisotopic (exact) mass is 350 g/mol. The molecule has 0 saturated carbocycles. The van der Waals surface area contributed by atoms with Crippen LogP contribution < -0.4 is 4.90 Å². The number of rotatable bonds is 3. The van der Waals surface area contributed by atoms with Gasteiger partial charge in [0.05, 0.1) is 6.20 Å². The first-order chi connectivity index (χ1) is 12.7. The van der Waals surface area contributed by atoms with Gasteiger partial charge >= 0.3 is 0 Å². The Bertz CT molecular complexity index is 973. The van der Waals surface area contributed by atoms with E-state index < -0.39 is 0 Å². The molecule has 1 fully saturated rings. The molecule has 0 unspecified atom stereocenters. The summed E-state index contributed by atoms with van der Waals surface area (Å²) in [5.74, 6) is 3.52. The highest BCUT2D eigenvalue weighted by atomic mass is 15.4. The molecule has 1 saturated heterocycles. The van der Waals surface area contributed by atoms with Gasteiger partial charge in [0.2, 0.25) is 5.95 Å². The Morgan fingerprint density at radius 2 is 2.12 bits per heavy atom. The van der Waals surface area contributed by atoms with E-state index in [0.29, 0.717) is 12.0 Å². The smallest absolute Gasteiger partial charge is 0.237 e. The van der Waals surface area contributed by atoms with Crippen LogP contribution >= 0.6 is 0 Å². The third-order valence-electron chi connectivity index (χ3n) is 6.00. The van der Waals surface area contributed by atoms with Gasteiger partial charge in [-0.1, -0.05) is 13.8 Å². The van der Waals surface area contributed by atoms with Gasteiger partial charge in [-0.15, -0.1) is 10.2 Å². The molecule has 2 aliphatic heterocycles. The zero-order valence-corrected chi connectivity index (χ0v) is 15.3. The zero-order chi connectivity index (χ0) is 17.9. The second-order valence-electron chi connectivity index (χ2n) is 7.10. The summed E-state index contributed by atoms with van der Waals surface area (Å²) in [6.07, 6.45) is 11.6. The summed E-state index contributed by atoms with van der Waals surface area (Å²) < 4.78 is 3.99. The average molecular weight is 350 g/mol. The van der Waals surface area contributed by atoms with Crippen molar-refractivity contribution in [3.63, 3.8) is 0 Å². The van der Waals surface area contributed by atoms with Crippen LogP contribution in [0.5, 0.6) is 0 Å². The molecule has 0 amide bonds. The summed E-state index contributed by atoms with van der Waals surface area (Å²) in [4.78, 5) is 16.4. The van der Waals surface area contributed by atoms with E-state index in [0.717, 1.165) is 48.8 Å². The van der Waals surface area contributed by atoms with Crippen LogP contribution in [0.2, 0.25) is 0 Å². The van der Waals surface area contributed by atoms with Gasteiger partial charge in [-0.2, -0.15) is 4.98 Å². The molecule has 0 aliphatic carbocycles. The molecular formula is C18H22N8. The maximum atomic E-state index is 4.99. The first-order valence-electron chi connectivity index (χ1n) is 9.27. The first kappa shape index (κ1) is 15.5. The lowest BCUT2D eigenvalue weighted by Gasteiger charge is -2.44. The fourth-order valence-corrected chi connectivity index (χ4v) is 4.63. The first-order valence-corrected chi connectivity index (χ1v) is 9.27. The van der Waals surface area contributed by atoms with Crippen LogP contribution in [-0.2, 0) is 5.54 Å². The summed E-state index contributed by atoms with van der Waals surface area (Å²) >= 11 is 0. The third kappa shape index (κ3) is 1.81. The molecule has 134 valence electrons. The molecule has 0 radical (unpaired) electrons. The van der Waals surface area contributed by atoms with Crippen molar-refractivity contribution < 1.29 is 0 Å². The Morgan fingerprint density at radius 3 is 2.85 bits per heavy atom. The van der Waals surface area contributed by atoms with Crippen LogP contribution in [0.1, 0.15) is 51.2 Å². The highest BCUT2D eigenvalue weighted by Crippen LogP contribution is 2.51. The van der Waals surface area contributed by atoms with Crippen molar-refractivity contribution >= 4 is 5.82 Å². The minimum absolute atomic E-state index is 0.139. The lowest BCUT2D eigenvalue weighted by molar-refractivity contribution is 0.371. The maximum Gasteiger partial charge on any atom is 0.237 e. The molecule has 0 aromatic carbocycles. The Hall–Kier alpha value is -2.77. The quantitative estimate of drug-likeness (QED) is 0.722. The highest BCUT2D eigenvalue weighted by Gasteiger charge is 2.53. The molecule has 2 aliphatic rings. The van der Waals surface area contributed by atoms with Crippen molar-refractivity contribution in [2.24, 2.45) is 0 Å². The van der Waals surface area contributed by atoms with Crippen molar-refractivity contribution in [1.82, 2.24) is 34.3 Å². The maximum absolute atomic E-state index is 4.99. The average Bonchev–Trinajstić information content (AvgIpc) is 3.39. The van der Waals surface area contributed by atoms with Crippen LogP contribution in [0.25, 0.3) is 11.6 Å². The number of anilines is 1. The fourth-order valence-electron chi connectivity index (χ4n) is 4.63. The molecule has 5 rings (SSSR count). The number of hydrogen-bond donors (Lipinski definition) is 0. The Morgan fingerprint density at radius 1 is 1.23 bits per heavy atom. The van der Waals surface area contributed by atoms with E-state index in [2.05, 4.69) is 43.5 Å². The fraction of sp³-hybridized carbons (Fsp3) is 0.500. The van der Waals surface area contributed by atoms with Crippen LogP contribution in [0.3, 0.4) is 0 Å². The van der Waals surface area contributed by atoms with E-state index in [4.69, 9.17) is 4.98 Å². The van der Waals surface area contributed by atoms with Gasteiger partial charge in [0, 0.05) is 18.4 Å². The topological polar surface area (TPSA) is 77.5 Å². The molecule has 2 atom stereocenters. The number of nitrogens with zero attached hydrogens (tertiary/aromatic N) is 8. The van der Waals surface area contributed by atoms with E-state index in [1.165, 1.54) is 0 Å². The summed E-state index contributed by atoms with van der Waals surface area (Å²) in [6.45, 7) is 6.44. The van der Waals surface area contributed by atoms with Crippen LogP contribution in [0.15, 0.2) is 24.9 Å². The van der Waals surface area contributed by atoms with Crippen molar-refractivity contribution in [2.75, 3.05) is 4.90 Å². The van der Waals surface area contributed by atoms with Gasteiger partial charge in [-0.05, 0) is 32.6 Å². The SMILES string of the molecule is CC[C@@H]1CC[C@@]2(CC)c3nncn3-c3cnc(-n4ccnc4C)nc3N12. The Kier molecular flexibility index (Phi) is 3.19. The second kappa shape index (κ2) is 5.36. The molecule has 3 aromatic heterocycles. The van der Waals surface area contributed by atoms with Crippen molar-refractivity contribution in [1.29, 1.82) is 0 Å². The summed E-state index contributed by atoms with van der Waals surface area (Å²) in [5.41, 5.74) is 0.815. The van der Waals surface area contributed by atoms with E-state index in [1.807, 2.05) is 23.9 Å².